The van der Waals surface area contributed by atoms with Crippen LogP contribution >= 0.6 is 0 Å². The summed E-state index contributed by atoms with van der Waals surface area (Å²) in [7, 11) is 1.92. The summed E-state index contributed by atoms with van der Waals surface area (Å²) in [6.07, 6.45) is 4.45. The lowest BCUT2D eigenvalue weighted by molar-refractivity contribution is 0.178. The average Bonchev–Trinajstić information content (AvgIpc) is 2.71. The van der Waals surface area contributed by atoms with Crippen LogP contribution in [0.5, 0.6) is 0 Å². The summed E-state index contributed by atoms with van der Waals surface area (Å²) in [6, 6.07) is 1.19. The van der Waals surface area contributed by atoms with Gasteiger partial charge >= 0.3 is 0 Å². The zero-order valence-corrected chi connectivity index (χ0v) is 12.6. The summed E-state index contributed by atoms with van der Waals surface area (Å²) in [6.45, 7) is 10.1. The molecule has 0 aromatic carbocycles. The van der Waals surface area contributed by atoms with Crippen LogP contribution in [-0.2, 0) is 13.6 Å². The Hall–Kier alpha value is -0.940. The fourth-order valence-electron chi connectivity index (χ4n) is 2.72. The molecule has 0 bridgehead atoms. The van der Waals surface area contributed by atoms with Crippen molar-refractivity contribution in [1.82, 2.24) is 25.2 Å². The van der Waals surface area contributed by atoms with Crippen LogP contribution in [0.4, 0.5) is 0 Å². The first-order valence-electron chi connectivity index (χ1n) is 7.42. The van der Waals surface area contributed by atoms with Crippen molar-refractivity contribution >= 4 is 0 Å². The molecule has 3 unspecified atom stereocenters. The van der Waals surface area contributed by atoms with E-state index in [2.05, 4.69) is 41.3 Å². The Labute approximate surface area is 116 Å². The smallest absolute Gasteiger partial charge is 0.0967 e. The highest BCUT2D eigenvalue weighted by Crippen LogP contribution is 2.17. The molecule has 1 aliphatic rings. The number of aryl methyl sites for hydroxylation is 1. The van der Waals surface area contributed by atoms with Crippen LogP contribution in [0.1, 0.15) is 39.3 Å². The Morgan fingerprint density at radius 2 is 2.32 bits per heavy atom. The maximum Gasteiger partial charge on any atom is 0.0967 e. The quantitative estimate of drug-likeness (QED) is 0.894. The third-order valence-electron chi connectivity index (χ3n) is 4.37. The standard InChI is InChI=1S/C14H27N5/c1-5-11(2)14-10-19(12(3)6-7-15-14)9-13-8-18(4)17-16-13/h8,11-12,14-15H,5-7,9-10H2,1-4H3. The van der Waals surface area contributed by atoms with Crippen molar-refractivity contribution in [1.29, 1.82) is 0 Å². The first kappa shape index (κ1) is 14.5. The van der Waals surface area contributed by atoms with Crippen molar-refractivity contribution in [2.45, 2.75) is 52.2 Å². The lowest BCUT2D eigenvalue weighted by Crippen LogP contribution is -2.43. The molecule has 0 aliphatic carbocycles. The van der Waals surface area contributed by atoms with Gasteiger partial charge in [0.15, 0.2) is 0 Å². The van der Waals surface area contributed by atoms with Gasteiger partial charge in [0.05, 0.1) is 5.69 Å². The van der Waals surface area contributed by atoms with Crippen LogP contribution in [0, 0.1) is 5.92 Å². The maximum absolute atomic E-state index is 4.22. The van der Waals surface area contributed by atoms with Gasteiger partial charge in [-0.05, 0) is 25.8 Å². The van der Waals surface area contributed by atoms with Crippen LogP contribution in [0.3, 0.4) is 0 Å². The molecule has 1 fully saturated rings. The van der Waals surface area contributed by atoms with Gasteiger partial charge in [-0.25, -0.2) is 0 Å². The minimum atomic E-state index is 0.589. The molecule has 0 spiro atoms. The Bertz CT molecular complexity index is 389. The molecule has 3 atom stereocenters. The van der Waals surface area contributed by atoms with Gasteiger partial charge in [-0.1, -0.05) is 25.5 Å². The monoisotopic (exact) mass is 265 g/mol. The molecular weight excluding hydrogens is 238 g/mol. The van der Waals surface area contributed by atoms with Crippen LogP contribution in [0.2, 0.25) is 0 Å². The van der Waals surface area contributed by atoms with Gasteiger partial charge in [-0.3, -0.25) is 9.58 Å². The summed E-state index contributed by atoms with van der Waals surface area (Å²) in [5.41, 5.74) is 1.07. The minimum absolute atomic E-state index is 0.589. The minimum Gasteiger partial charge on any atom is -0.312 e. The van der Waals surface area contributed by atoms with E-state index in [1.807, 2.05) is 13.2 Å². The molecule has 0 amide bonds. The predicted molar refractivity (Wildman–Crippen MR) is 76.7 cm³/mol. The number of hydrogen-bond acceptors (Lipinski definition) is 4. The zero-order chi connectivity index (χ0) is 13.8. The van der Waals surface area contributed by atoms with Crippen LogP contribution < -0.4 is 5.32 Å². The maximum atomic E-state index is 4.22. The van der Waals surface area contributed by atoms with Crippen LogP contribution in [-0.4, -0.2) is 45.1 Å². The van der Waals surface area contributed by atoms with Gasteiger partial charge in [0.2, 0.25) is 0 Å². The Morgan fingerprint density at radius 3 is 2.95 bits per heavy atom. The third-order valence-corrected chi connectivity index (χ3v) is 4.37. The molecule has 5 heteroatoms. The highest BCUT2D eigenvalue weighted by Gasteiger charge is 2.26. The molecular formula is C14H27N5. The average molecular weight is 265 g/mol. The van der Waals surface area contributed by atoms with Crippen LogP contribution in [0.15, 0.2) is 6.20 Å². The summed E-state index contributed by atoms with van der Waals surface area (Å²) in [4.78, 5) is 2.54. The van der Waals surface area contributed by atoms with E-state index in [0.29, 0.717) is 12.1 Å². The third kappa shape index (κ3) is 3.76. The fraction of sp³-hybridized carbons (Fsp3) is 0.857. The molecule has 5 nitrogen and oxygen atoms in total. The molecule has 1 saturated heterocycles. The summed E-state index contributed by atoms with van der Waals surface area (Å²) in [5.74, 6) is 0.717. The van der Waals surface area contributed by atoms with Gasteiger partial charge in [0.1, 0.15) is 0 Å². The van der Waals surface area contributed by atoms with E-state index in [0.717, 1.165) is 31.2 Å². The highest BCUT2D eigenvalue weighted by molar-refractivity contribution is 4.94. The molecule has 2 heterocycles. The van der Waals surface area contributed by atoms with Gasteiger partial charge in [0, 0.05) is 38.4 Å². The molecule has 19 heavy (non-hydrogen) atoms. The van der Waals surface area contributed by atoms with E-state index in [-0.39, 0.29) is 0 Å². The summed E-state index contributed by atoms with van der Waals surface area (Å²) in [5, 5.41) is 11.9. The first-order chi connectivity index (χ1) is 9.10. The molecule has 108 valence electrons. The van der Waals surface area contributed by atoms with Gasteiger partial charge < -0.3 is 5.32 Å². The van der Waals surface area contributed by atoms with Gasteiger partial charge in [0.25, 0.3) is 0 Å². The fourth-order valence-corrected chi connectivity index (χ4v) is 2.72. The van der Waals surface area contributed by atoms with Crippen molar-refractivity contribution in [2.75, 3.05) is 13.1 Å². The molecule has 1 aliphatic heterocycles. The van der Waals surface area contributed by atoms with E-state index < -0.39 is 0 Å². The van der Waals surface area contributed by atoms with E-state index in [1.165, 1.54) is 12.8 Å². The van der Waals surface area contributed by atoms with Crippen molar-refractivity contribution in [2.24, 2.45) is 13.0 Å². The second-order valence-electron chi connectivity index (χ2n) is 5.90. The van der Waals surface area contributed by atoms with Crippen molar-refractivity contribution in [3.63, 3.8) is 0 Å². The second-order valence-corrected chi connectivity index (χ2v) is 5.90. The Kier molecular flexibility index (Phi) is 4.93. The summed E-state index contributed by atoms with van der Waals surface area (Å²) < 4.78 is 1.78. The molecule has 1 N–H and O–H groups in total. The zero-order valence-electron chi connectivity index (χ0n) is 12.6. The molecule has 1 aromatic rings. The van der Waals surface area contributed by atoms with E-state index in [9.17, 15) is 0 Å². The summed E-state index contributed by atoms with van der Waals surface area (Å²) >= 11 is 0. The molecule has 2 rings (SSSR count). The van der Waals surface area contributed by atoms with Crippen LogP contribution in [0.25, 0.3) is 0 Å². The van der Waals surface area contributed by atoms with Crippen molar-refractivity contribution < 1.29 is 0 Å². The Balaban J connectivity index is 2.02. The van der Waals surface area contributed by atoms with Gasteiger partial charge in [-0.2, -0.15) is 0 Å². The van der Waals surface area contributed by atoms with Crippen molar-refractivity contribution in [3.05, 3.63) is 11.9 Å². The number of nitrogens with one attached hydrogen (secondary N) is 1. The molecule has 0 saturated carbocycles. The number of rotatable bonds is 4. The molecule has 0 radical (unpaired) electrons. The normalized spacial score (nSPS) is 27.2. The molecule has 1 aromatic heterocycles. The number of nitrogens with zero attached hydrogens (tertiary/aromatic N) is 4. The number of hydrogen-bond donors (Lipinski definition) is 1. The highest BCUT2D eigenvalue weighted by atomic mass is 15.4. The largest absolute Gasteiger partial charge is 0.312 e. The van der Waals surface area contributed by atoms with Gasteiger partial charge in [-0.15, -0.1) is 5.10 Å². The topological polar surface area (TPSA) is 46.0 Å². The first-order valence-corrected chi connectivity index (χ1v) is 7.42. The second kappa shape index (κ2) is 6.48. The SMILES string of the molecule is CCC(C)C1CN(Cc2cn(C)nn2)C(C)CCN1. The number of aromatic nitrogens is 3. The van der Waals surface area contributed by atoms with E-state index >= 15 is 0 Å². The Morgan fingerprint density at radius 1 is 1.53 bits per heavy atom. The van der Waals surface area contributed by atoms with Crippen molar-refractivity contribution in [3.8, 4) is 0 Å². The van der Waals surface area contributed by atoms with E-state index in [4.69, 9.17) is 0 Å². The predicted octanol–water partition coefficient (Wildman–Crippen LogP) is 1.41. The lowest BCUT2D eigenvalue weighted by atomic mass is 9.99. The lowest BCUT2D eigenvalue weighted by Gasteiger charge is -2.30. The van der Waals surface area contributed by atoms with E-state index in [1.54, 1.807) is 4.68 Å².